The van der Waals surface area contributed by atoms with Crippen LogP contribution in [0.5, 0.6) is 0 Å². The van der Waals surface area contributed by atoms with Crippen molar-refractivity contribution in [3.8, 4) is 11.4 Å². The van der Waals surface area contributed by atoms with Gasteiger partial charge in [0, 0.05) is 44.3 Å². The lowest BCUT2D eigenvalue weighted by molar-refractivity contribution is 0.592. The molecule has 2 aromatic heterocycles. The molecule has 0 fully saturated rings. The lowest BCUT2D eigenvalue weighted by Gasteiger charge is -2.21. The van der Waals surface area contributed by atoms with Crippen LogP contribution in [0.25, 0.3) is 44.1 Å². The Hall–Kier alpha value is -5.11. The molecule has 2 heterocycles. The molecule has 0 aliphatic carbocycles. The maximum Gasteiger partial charge on any atom is 0.171 e. The van der Waals surface area contributed by atoms with Crippen molar-refractivity contribution >= 4 is 55.8 Å². The molecule has 1 atom stereocenters. The molecule has 200 valence electrons. The van der Waals surface area contributed by atoms with E-state index in [1.54, 1.807) is 0 Å². The molecule has 0 spiro atoms. The summed E-state index contributed by atoms with van der Waals surface area (Å²) in [6, 6.07) is 53.9. The second kappa shape index (κ2) is 9.76. The van der Waals surface area contributed by atoms with E-state index < -0.39 is 7.14 Å². The highest BCUT2D eigenvalue weighted by Gasteiger charge is 2.30. The van der Waals surface area contributed by atoms with E-state index in [0.29, 0.717) is 0 Å². The summed E-state index contributed by atoms with van der Waals surface area (Å²) in [7, 11) is -3.18. The minimum absolute atomic E-state index is 0.819. The Kier molecular flexibility index (Phi) is 5.73. The van der Waals surface area contributed by atoms with Crippen molar-refractivity contribution in [1.29, 1.82) is 0 Å². The Bertz CT molecular complexity index is 2260. The van der Waals surface area contributed by atoms with Gasteiger partial charge in [-0.3, -0.25) is 0 Å². The minimum atomic E-state index is -3.18. The van der Waals surface area contributed by atoms with E-state index in [1.807, 2.05) is 48.5 Å². The molecule has 0 aliphatic heterocycles. The Morgan fingerprint density at radius 2 is 1.02 bits per heavy atom. The second-order valence-electron chi connectivity index (χ2n) is 10.6. The zero-order valence-corrected chi connectivity index (χ0v) is 23.7. The third-order valence-corrected chi connectivity index (χ3v) is 11.3. The molecule has 3 nitrogen and oxygen atoms in total. The van der Waals surface area contributed by atoms with Gasteiger partial charge in [0.05, 0.1) is 16.6 Å². The van der Waals surface area contributed by atoms with E-state index in [0.717, 1.165) is 54.6 Å². The second-order valence-corrected chi connectivity index (χ2v) is 13.4. The first-order valence-electron chi connectivity index (χ1n) is 14.1. The van der Waals surface area contributed by atoms with Crippen LogP contribution in [0.1, 0.15) is 0 Å². The summed E-state index contributed by atoms with van der Waals surface area (Å²) in [5, 5.41) is 5.91. The summed E-state index contributed by atoms with van der Waals surface area (Å²) < 4.78 is 19.9. The van der Waals surface area contributed by atoms with Crippen LogP contribution >= 0.6 is 7.14 Å². The van der Waals surface area contributed by atoms with Gasteiger partial charge in [-0.15, -0.1) is 0 Å². The fourth-order valence-electron chi connectivity index (χ4n) is 6.23. The predicted molar refractivity (Wildman–Crippen MR) is 177 cm³/mol. The highest BCUT2D eigenvalue weighted by molar-refractivity contribution is 7.85. The van der Waals surface area contributed by atoms with E-state index >= 15 is 4.57 Å². The number of hydrogen-bond acceptors (Lipinski definition) is 1. The average molecular weight is 559 g/mol. The van der Waals surface area contributed by atoms with E-state index in [2.05, 4.69) is 125 Å². The first-order chi connectivity index (χ1) is 20.7. The summed E-state index contributed by atoms with van der Waals surface area (Å²) in [6.45, 7) is 0. The van der Waals surface area contributed by atoms with E-state index in [9.17, 15) is 0 Å². The summed E-state index contributed by atoms with van der Waals surface area (Å²) in [6.07, 6.45) is 2.09. The van der Waals surface area contributed by atoms with Crippen molar-refractivity contribution in [2.24, 2.45) is 0 Å². The van der Waals surface area contributed by atoms with Crippen LogP contribution in [0.3, 0.4) is 0 Å². The van der Waals surface area contributed by atoms with Gasteiger partial charge in [-0.2, -0.15) is 0 Å². The largest absolute Gasteiger partial charge is 0.317 e. The predicted octanol–water partition coefficient (Wildman–Crippen LogP) is 8.37. The average Bonchev–Trinajstić information content (AvgIpc) is 3.64. The molecule has 4 heteroatoms. The van der Waals surface area contributed by atoms with Crippen LogP contribution in [0.4, 0.5) is 0 Å². The maximum atomic E-state index is 15.5. The Morgan fingerprint density at radius 1 is 0.429 bits per heavy atom. The fraction of sp³-hybridized carbons (Fsp3) is 0. The standard InChI is InChI=1S/C38H27N2OP/c41-42(31-14-5-2-6-15-31,32-21-19-29(20-22-32)39-26-25-28-11-7-9-17-36(28)39)33-23-24-38-35(27-33)34-16-8-10-18-37(34)40(38)30-12-3-1-4-13-30/h1-27H. The molecule has 0 amide bonds. The molecule has 1 unspecified atom stereocenters. The van der Waals surface area contributed by atoms with Gasteiger partial charge in [-0.05, 0) is 78.2 Å². The van der Waals surface area contributed by atoms with Crippen LogP contribution in [-0.2, 0) is 4.57 Å². The SMILES string of the molecule is O=P(c1ccccc1)(c1ccc(-n2ccc3ccccc32)cc1)c1ccc2c(c1)c1ccccc1n2-c1ccccc1. The third-order valence-electron chi connectivity index (χ3n) is 8.24. The highest BCUT2D eigenvalue weighted by atomic mass is 31.2. The molecule has 0 N–H and O–H groups in total. The molecule has 0 bridgehead atoms. The minimum Gasteiger partial charge on any atom is -0.317 e. The van der Waals surface area contributed by atoms with Crippen molar-refractivity contribution in [2.75, 3.05) is 0 Å². The normalized spacial score (nSPS) is 13.0. The number of fused-ring (bicyclic) bond motifs is 4. The van der Waals surface area contributed by atoms with Gasteiger partial charge in [0.25, 0.3) is 0 Å². The van der Waals surface area contributed by atoms with E-state index in [1.165, 1.54) is 5.39 Å². The summed E-state index contributed by atoms with van der Waals surface area (Å²) >= 11 is 0. The smallest absolute Gasteiger partial charge is 0.171 e. The summed E-state index contributed by atoms with van der Waals surface area (Å²) in [5.74, 6) is 0. The number of rotatable bonds is 5. The van der Waals surface area contributed by atoms with Crippen LogP contribution in [0.2, 0.25) is 0 Å². The first kappa shape index (κ1) is 24.7. The van der Waals surface area contributed by atoms with Gasteiger partial charge < -0.3 is 13.7 Å². The van der Waals surface area contributed by atoms with E-state index in [4.69, 9.17) is 0 Å². The first-order valence-corrected chi connectivity index (χ1v) is 15.8. The quantitative estimate of drug-likeness (QED) is 0.195. The van der Waals surface area contributed by atoms with E-state index in [-0.39, 0.29) is 0 Å². The molecular formula is C38H27N2OP. The van der Waals surface area contributed by atoms with Gasteiger partial charge in [0.2, 0.25) is 0 Å². The van der Waals surface area contributed by atoms with Crippen LogP contribution < -0.4 is 15.9 Å². The van der Waals surface area contributed by atoms with Crippen molar-refractivity contribution in [3.05, 3.63) is 164 Å². The van der Waals surface area contributed by atoms with Crippen LogP contribution in [0, 0.1) is 0 Å². The molecule has 8 rings (SSSR count). The van der Waals surface area contributed by atoms with Gasteiger partial charge in [-0.1, -0.05) is 84.9 Å². The topological polar surface area (TPSA) is 26.9 Å². The molecule has 8 aromatic rings. The lowest BCUT2D eigenvalue weighted by Crippen LogP contribution is -2.25. The lowest BCUT2D eigenvalue weighted by atomic mass is 10.1. The van der Waals surface area contributed by atoms with Crippen molar-refractivity contribution in [1.82, 2.24) is 9.13 Å². The zero-order valence-electron chi connectivity index (χ0n) is 22.8. The molecule has 0 saturated heterocycles. The number of aromatic nitrogens is 2. The number of benzene rings is 6. The van der Waals surface area contributed by atoms with Gasteiger partial charge in [0.15, 0.2) is 7.14 Å². The van der Waals surface area contributed by atoms with Crippen LogP contribution in [0.15, 0.2) is 164 Å². The monoisotopic (exact) mass is 558 g/mol. The number of para-hydroxylation sites is 3. The van der Waals surface area contributed by atoms with Crippen molar-refractivity contribution in [2.45, 2.75) is 0 Å². The Morgan fingerprint density at radius 3 is 1.81 bits per heavy atom. The highest BCUT2D eigenvalue weighted by Crippen LogP contribution is 2.44. The fourth-order valence-corrected chi connectivity index (χ4v) is 8.88. The van der Waals surface area contributed by atoms with Crippen LogP contribution in [-0.4, -0.2) is 9.13 Å². The van der Waals surface area contributed by atoms with Crippen molar-refractivity contribution < 1.29 is 4.57 Å². The Labute approximate surface area is 244 Å². The molecule has 0 radical (unpaired) electrons. The van der Waals surface area contributed by atoms with Gasteiger partial charge >= 0.3 is 0 Å². The third kappa shape index (κ3) is 3.79. The molecule has 0 aliphatic rings. The molecule has 6 aromatic carbocycles. The molecule has 42 heavy (non-hydrogen) atoms. The van der Waals surface area contributed by atoms with Crippen molar-refractivity contribution in [3.63, 3.8) is 0 Å². The number of hydrogen-bond donors (Lipinski definition) is 0. The number of nitrogens with zero attached hydrogens (tertiary/aromatic N) is 2. The van der Waals surface area contributed by atoms with Gasteiger partial charge in [0.1, 0.15) is 0 Å². The molecular weight excluding hydrogens is 531 g/mol. The summed E-state index contributed by atoms with van der Waals surface area (Å²) in [5.41, 5.74) is 5.53. The Balaban J connectivity index is 1.32. The zero-order chi connectivity index (χ0) is 28.1. The van der Waals surface area contributed by atoms with Gasteiger partial charge in [-0.25, -0.2) is 0 Å². The molecule has 0 saturated carbocycles. The summed E-state index contributed by atoms with van der Waals surface area (Å²) in [4.78, 5) is 0. The maximum absolute atomic E-state index is 15.5.